The van der Waals surface area contributed by atoms with Crippen molar-refractivity contribution in [2.45, 2.75) is 13.8 Å². The van der Waals surface area contributed by atoms with Crippen molar-refractivity contribution in [3.8, 4) is 0 Å². The van der Waals surface area contributed by atoms with Crippen LogP contribution in [0.1, 0.15) is 18.1 Å². The van der Waals surface area contributed by atoms with E-state index in [2.05, 4.69) is 0 Å². The second kappa shape index (κ2) is 5.02. The molecule has 1 aromatic carbocycles. The number of carbonyl (C=O) groups is 1. The molecule has 0 unspecified atom stereocenters. The minimum Gasteiger partial charge on any atom is -0.293 e. The van der Waals surface area contributed by atoms with Crippen LogP contribution in [0.3, 0.4) is 0 Å². The summed E-state index contributed by atoms with van der Waals surface area (Å²) in [5, 5.41) is 0. The summed E-state index contributed by atoms with van der Waals surface area (Å²) in [7, 11) is 0. The molecule has 1 aromatic rings. The maximum Gasteiger partial charge on any atom is 0.266 e. The molecule has 2 nitrogen and oxygen atoms in total. The summed E-state index contributed by atoms with van der Waals surface area (Å²) in [6, 6.07) is 8.08. The highest BCUT2D eigenvalue weighted by Gasteiger charge is 2.30. The van der Waals surface area contributed by atoms with Gasteiger partial charge in [0.05, 0.1) is 4.91 Å². The first-order valence-electron chi connectivity index (χ1n) is 5.44. The zero-order valence-corrected chi connectivity index (χ0v) is 11.4. The molecule has 0 spiro atoms. The van der Waals surface area contributed by atoms with Gasteiger partial charge in [0.1, 0.15) is 4.32 Å². The molecule has 0 N–H and O–H groups in total. The standard InChI is InChI=1S/C13H13NOS2/c1-3-14-12(15)11(17-13(14)16)8-10-6-4-9(2)5-7-10/h4-8H,3H2,1-2H3. The molecule has 0 aromatic heterocycles. The summed E-state index contributed by atoms with van der Waals surface area (Å²) in [6.07, 6.45) is 1.90. The molecule has 4 heteroatoms. The lowest BCUT2D eigenvalue weighted by Gasteiger charge is -2.09. The molecule has 88 valence electrons. The third kappa shape index (κ3) is 2.58. The van der Waals surface area contributed by atoms with Gasteiger partial charge in [0.15, 0.2) is 0 Å². The molecular weight excluding hydrogens is 250 g/mol. The van der Waals surface area contributed by atoms with Gasteiger partial charge in [0, 0.05) is 6.54 Å². The number of nitrogens with zero attached hydrogens (tertiary/aromatic N) is 1. The number of benzene rings is 1. The number of aryl methyl sites for hydroxylation is 1. The molecule has 2 rings (SSSR count). The molecule has 1 fully saturated rings. The van der Waals surface area contributed by atoms with Gasteiger partial charge in [-0.1, -0.05) is 53.8 Å². The quantitative estimate of drug-likeness (QED) is 0.603. The van der Waals surface area contributed by atoms with Crippen LogP contribution < -0.4 is 0 Å². The smallest absolute Gasteiger partial charge is 0.266 e. The van der Waals surface area contributed by atoms with Gasteiger partial charge < -0.3 is 0 Å². The fourth-order valence-corrected chi connectivity index (χ4v) is 2.97. The molecule has 0 bridgehead atoms. The van der Waals surface area contributed by atoms with Gasteiger partial charge in [-0.25, -0.2) is 0 Å². The van der Waals surface area contributed by atoms with Gasteiger partial charge in [-0.2, -0.15) is 0 Å². The Morgan fingerprint density at radius 1 is 1.35 bits per heavy atom. The maximum absolute atomic E-state index is 12.0. The van der Waals surface area contributed by atoms with Crippen LogP contribution in [0.15, 0.2) is 29.2 Å². The Bertz CT molecular complexity index is 491. The number of hydrogen-bond acceptors (Lipinski definition) is 3. The molecule has 0 radical (unpaired) electrons. The van der Waals surface area contributed by atoms with Crippen LogP contribution in [0.5, 0.6) is 0 Å². The highest BCUT2D eigenvalue weighted by molar-refractivity contribution is 8.26. The number of thioether (sulfide) groups is 1. The second-order valence-electron chi connectivity index (χ2n) is 3.84. The lowest BCUT2D eigenvalue weighted by Crippen LogP contribution is -2.27. The van der Waals surface area contributed by atoms with Crippen LogP contribution >= 0.6 is 24.0 Å². The number of thiocarbonyl (C=S) groups is 1. The second-order valence-corrected chi connectivity index (χ2v) is 5.51. The zero-order chi connectivity index (χ0) is 12.4. The van der Waals surface area contributed by atoms with Gasteiger partial charge in [-0.3, -0.25) is 9.69 Å². The number of amides is 1. The van der Waals surface area contributed by atoms with Crippen molar-refractivity contribution in [1.29, 1.82) is 0 Å². The Morgan fingerprint density at radius 3 is 2.53 bits per heavy atom. The van der Waals surface area contributed by atoms with E-state index in [0.29, 0.717) is 15.8 Å². The summed E-state index contributed by atoms with van der Waals surface area (Å²) >= 11 is 6.53. The van der Waals surface area contributed by atoms with Crippen LogP contribution in [0.4, 0.5) is 0 Å². The molecule has 17 heavy (non-hydrogen) atoms. The van der Waals surface area contributed by atoms with Crippen molar-refractivity contribution in [1.82, 2.24) is 4.90 Å². The first-order chi connectivity index (χ1) is 8.11. The minimum atomic E-state index is 0.0167. The highest BCUT2D eigenvalue weighted by Crippen LogP contribution is 2.32. The summed E-state index contributed by atoms with van der Waals surface area (Å²) in [5.74, 6) is 0.0167. The summed E-state index contributed by atoms with van der Waals surface area (Å²) in [4.78, 5) is 14.3. The van der Waals surface area contributed by atoms with E-state index in [4.69, 9.17) is 12.2 Å². The van der Waals surface area contributed by atoms with Crippen molar-refractivity contribution in [2.24, 2.45) is 0 Å². The first kappa shape index (κ1) is 12.3. The molecule has 1 aliphatic rings. The molecule has 1 aliphatic heterocycles. The predicted octanol–water partition coefficient (Wildman–Crippen LogP) is 3.22. The third-order valence-corrected chi connectivity index (χ3v) is 3.94. The maximum atomic E-state index is 12.0. The third-order valence-electron chi connectivity index (χ3n) is 2.56. The predicted molar refractivity (Wildman–Crippen MR) is 76.7 cm³/mol. The lowest BCUT2D eigenvalue weighted by molar-refractivity contribution is -0.121. The van der Waals surface area contributed by atoms with Gasteiger partial charge in [0.2, 0.25) is 0 Å². The average Bonchev–Trinajstić information content (AvgIpc) is 2.57. The number of rotatable bonds is 2. The minimum absolute atomic E-state index is 0.0167. The lowest BCUT2D eigenvalue weighted by atomic mass is 10.1. The van der Waals surface area contributed by atoms with Crippen LogP contribution in [0, 0.1) is 6.92 Å². The molecule has 1 heterocycles. The molecule has 0 aliphatic carbocycles. The fraction of sp³-hybridized carbons (Fsp3) is 0.231. The van der Waals surface area contributed by atoms with E-state index >= 15 is 0 Å². The summed E-state index contributed by atoms with van der Waals surface area (Å²) in [6.45, 7) is 4.61. The van der Waals surface area contributed by atoms with Crippen LogP contribution in [-0.4, -0.2) is 21.7 Å². The Hall–Kier alpha value is -1.13. The van der Waals surface area contributed by atoms with Crippen molar-refractivity contribution in [3.63, 3.8) is 0 Å². The van der Waals surface area contributed by atoms with Crippen LogP contribution in [-0.2, 0) is 4.79 Å². The molecular formula is C13H13NOS2. The molecule has 0 atom stereocenters. The Labute approximate surface area is 111 Å². The largest absolute Gasteiger partial charge is 0.293 e. The van der Waals surface area contributed by atoms with E-state index < -0.39 is 0 Å². The highest BCUT2D eigenvalue weighted by atomic mass is 32.2. The topological polar surface area (TPSA) is 20.3 Å². The summed E-state index contributed by atoms with van der Waals surface area (Å²) in [5.41, 5.74) is 2.25. The molecule has 0 saturated carbocycles. The monoisotopic (exact) mass is 263 g/mol. The van der Waals surface area contributed by atoms with E-state index in [1.165, 1.54) is 17.3 Å². The van der Waals surface area contributed by atoms with E-state index in [0.717, 1.165) is 5.56 Å². The van der Waals surface area contributed by atoms with E-state index in [9.17, 15) is 4.79 Å². The van der Waals surface area contributed by atoms with Crippen LogP contribution in [0.2, 0.25) is 0 Å². The van der Waals surface area contributed by atoms with Gasteiger partial charge in [0.25, 0.3) is 5.91 Å². The van der Waals surface area contributed by atoms with Gasteiger partial charge in [-0.15, -0.1) is 0 Å². The van der Waals surface area contributed by atoms with Crippen molar-refractivity contribution >= 4 is 40.3 Å². The number of carbonyl (C=O) groups excluding carboxylic acids is 1. The number of likely N-dealkylation sites (N-methyl/N-ethyl adjacent to an activating group) is 1. The molecule has 1 amide bonds. The SMILES string of the molecule is CCN1C(=O)C(=Cc2ccc(C)cc2)SC1=S. The fourth-order valence-electron chi connectivity index (χ4n) is 1.59. The molecule has 1 saturated heterocycles. The Balaban J connectivity index is 2.27. The van der Waals surface area contributed by atoms with Crippen molar-refractivity contribution in [3.05, 3.63) is 40.3 Å². The van der Waals surface area contributed by atoms with E-state index in [-0.39, 0.29) is 5.91 Å². The van der Waals surface area contributed by atoms with Gasteiger partial charge >= 0.3 is 0 Å². The summed E-state index contributed by atoms with van der Waals surface area (Å²) < 4.78 is 0.649. The van der Waals surface area contributed by atoms with E-state index in [1.54, 1.807) is 4.90 Å². The number of hydrogen-bond donors (Lipinski definition) is 0. The Morgan fingerprint density at radius 2 is 2.00 bits per heavy atom. The van der Waals surface area contributed by atoms with Crippen molar-refractivity contribution in [2.75, 3.05) is 6.54 Å². The first-order valence-corrected chi connectivity index (χ1v) is 6.66. The van der Waals surface area contributed by atoms with Gasteiger partial charge in [-0.05, 0) is 25.5 Å². The van der Waals surface area contributed by atoms with Crippen molar-refractivity contribution < 1.29 is 4.79 Å². The zero-order valence-electron chi connectivity index (χ0n) is 9.77. The van der Waals surface area contributed by atoms with E-state index in [1.807, 2.05) is 44.2 Å². The average molecular weight is 263 g/mol. The normalized spacial score (nSPS) is 18.2. The Kier molecular flexibility index (Phi) is 3.64. The van der Waals surface area contributed by atoms with Crippen LogP contribution in [0.25, 0.3) is 6.08 Å².